The lowest BCUT2D eigenvalue weighted by molar-refractivity contribution is -0.113. The molecule has 7 nitrogen and oxygen atoms in total. The van der Waals surface area contributed by atoms with Gasteiger partial charge >= 0.3 is 5.97 Å². The van der Waals surface area contributed by atoms with Gasteiger partial charge in [-0.05, 0) is 31.2 Å². The number of thiophene rings is 1. The summed E-state index contributed by atoms with van der Waals surface area (Å²) in [6.07, 6.45) is 1.71. The molecule has 0 saturated heterocycles. The second-order valence-electron chi connectivity index (χ2n) is 6.26. The van der Waals surface area contributed by atoms with Gasteiger partial charge in [-0.25, -0.2) is 4.79 Å². The zero-order valence-corrected chi connectivity index (χ0v) is 19.8. The Morgan fingerprint density at radius 2 is 2.10 bits per heavy atom. The van der Waals surface area contributed by atoms with Crippen molar-refractivity contribution < 1.29 is 14.3 Å². The molecule has 0 unspecified atom stereocenters. The average molecular weight is 497 g/mol. The van der Waals surface area contributed by atoms with Gasteiger partial charge in [0.25, 0.3) is 0 Å². The van der Waals surface area contributed by atoms with E-state index in [4.69, 9.17) is 27.9 Å². The van der Waals surface area contributed by atoms with E-state index in [0.717, 1.165) is 4.88 Å². The third kappa shape index (κ3) is 5.48. The Morgan fingerprint density at radius 1 is 1.32 bits per heavy atom. The van der Waals surface area contributed by atoms with E-state index in [-0.39, 0.29) is 11.7 Å². The number of aromatic nitrogens is 3. The third-order valence-corrected chi connectivity index (χ3v) is 6.53. The van der Waals surface area contributed by atoms with Crippen molar-refractivity contribution in [1.29, 1.82) is 0 Å². The number of anilines is 1. The Bertz CT molecular complexity index is 1140. The Morgan fingerprint density at radius 3 is 2.77 bits per heavy atom. The van der Waals surface area contributed by atoms with E-state index < -0.39 is 5.97 Å². The quantitative estimate of drug-likeness (QED) is 0.257. The first-order valence-electron chi connectivity index (χ1n) is 8.95. The van der Waals surface area contributed by atoms with Crippen molar-refractivity contribution in [2.75, 3.05) is 18.2 Å². The highest BCUT2D eigenvalue weighted by Gasteiger charge is 2.20. The van der Waals surface area contributed by atoms with Crippen LogP contribution in [0.4, 0.5) is 5.00 Å². The summed E-state index contributed by atoms with van der Waals surface area (Å²) < 4.78 is 6.58. The predicted molar refractivity (Wildman–Crippen MR) is 125 cm³/mol. The standard InChI is InChI=1S/C20H18Cl2N4O3S2/c1-4-7-26-17(13-6-5-12(21)9-15(13)22)24-25-20(26)30-10-16(27)23-18-14(19(28)29-3)8-11(2)31-18/h4-6,8-9H,1,7,10H2,2-3H3,(H,23,27). The number of esters is 1. The van der Waals surface area contributed by atoms with Gasteiger partial charge in [-0.15, -0.1) is 28.1 Å². The smallest absolute Gasteiger partial charge is 0.340 e. The Balaban J connectivity index is 1.76. The van der Waals surface area contributed by atoms with E-state index in [1.54, 1.807) is 30.3 Å². The van der Waals surface area contributed by atoms with Crippen LogP contribution in [0.25, 0.3) is 11.4 Å². The third-order valence-electron chi connectivity index (χ3n) is 4.05. The number of benzene rings is 1. The average Bonchev–Trinajstić information content (AvgIpc) is 3.29. The number of hydrogen-bond donors (Lipinski definition) is 1. The number of nitrogens with one attached hydrogen (secondary N) is 1. The van der Waals surface area contributed by atoms with E-state index >= 15 is 0 Å². The fraction of sp³-hybridized carbons (Fsp3) is 0.200. The summed E-state index contributed by atoms with van der Waals surface area (Å²) in [4.78, 5) is 25.3. The van der Waals surface area contributed by atoms with Crippen molar-refractivity contribution >= 4 is 63.2 Å². The van der Waals surface area contributed by atoms with Crippen LogP contribution < -0.4 is 5.32 Å². The number of carbonyl (C=O) groups is 2. The number of nitrogens with zero attached hydrogens (tertiary/aromatic N) is 3. The molecule has 2 heterocycles. The summed E-state index contributed by atoms with van der Waals surface area (Å²) in [6.45, 7) is 6.06. The molecule has 0 aliphatic carbocycles. The van der Waals surface area contributed by atoms with Crippen LogP contribution in [0, 0.1) is 6.92 Å². The number of methoxy groups -OCH3 is 1. The summed E-state index contributed by atoms with van der Waals surface area (Å²) in [5.74, 6) is -0.161. The molecule has 11 heteroatoms. The summed E-state index contributed by atoms with van der Waals surface area (Å²) in [7, 11) is 1.30. The number of aryl methyl sites for hydroxylation is 1. The minimum atomic E-state index is -0.498. The van der Waals surface area contributed by atoms with Crippen LogP contribution in [-0.2, 0) is 16.1 Å². The molecule has 2 aromatic heterocycles. The van der Waals surface area contributed by atoms with Crippen LogP contribution in [-0.4, -0.2) is 39.5 Å². The Hall–Kier alpha value is -2.33. The molecule has 0 aliphatic heterocycles. The number of carbonyl (C=O) groups excluding carboxylic acids is 2. The first kappa shape index (κ1) is 23.3. The topological polar surface area (TPSA) is 86.1 Å². The van der Waals surface area contributed by atoms with Gasteiger partial charge in [-0.3, -0.25) is 9.36 Å². The molecule has 1 aromatic carbocycles. The molecule has 3 rings (SSSR count). The van der Waals surface area contributed by atoms with Gasteiger partial charge in [0.05, 0.1) is 23.4 Å². The zero-order chi connectivity index (χ0) is 22.5. The molecule has 0 bridgehead atoms. The molecule has 1 N–H and O–H groups in total. The van der Waals surface area contributed by atoms with Crippen LogP contribution in [0.5, 0.6) is 0 Å². The van der Waals surface area contributed by atoms with Crippen LogP contribution >= 0.6 is 46.3 Å². The van der Waals surface area contributed by atoms with Crippen molar-refractivity contribution in [3.05, 3.63) is 57.4 Å². The highest BCUT2D eigenvalue weighted by molar-refractivity contribution is 7.99. The summed E-state index contributed by atoms with van der Waals surface area (Å²) in [6, 6.07) is 6.80. The Kier molecular flexibility index (Phi) is 7.77. The van der Waals surface area contributed by atoms with Crippen molar-refractivity contribution in [1.82, 2.24) is 14.8 Å². The van der Waals surface area contributed by atoms with Crippen LogP contribution in [0.3, 0.4) is 0 Å². The van der Waals surface area contributed by atoms with Crippen molar-refractivity contribution in [2.45, 2.75) is 18.6 Å². The van der Waals surface area contributed by atoms with Gasteiger partial charge in [0.15, 0.2) is 11.0 Å². The molecule has 0 aliphatic rings. The number of hydrogen-bond acceptors (Lipinski definition) is 7. The molecular formula is C20H18Cl2N4O3S2. The summed E-state index contributed by atoms with van der Waals surface area (Å²) >= 11 is 14.8. The van der Waals surface area contributed by atoms with Crippen molar-refractivity contribution in [3.63, 3.8) is 0 Å². The number of amides is 1. The van der Waals surface area contributed by atoms with E-state index in [0.29, 0.717) is 43.7 Å². The summed E-state index contributed by atoms with van der Waals surface area (Å²) in [5, 5.41) is 13.2. The van der Waals surface area contributed by atoms with Gasteiger partial charge in [0.2, 0.25) is 5.91 Å². The number of thioether (sulfide) groups is 1. The van der Waals surface area contributed by atoms with E-state index in [2.05, 4.69) is 22.1 Å². The fourth-order valence-corrected chi connectivity index (χ4v) is 4.88. The molecule has 1 amide bonds. The van der Waals surface area contributed by atoms with Gasteiger partial charge < -0.3 is 10.1 Å². The zero-order valence-electron chi connectivity index (χ0n) is 16.6. The highest BCUT2D eigenvalue weighted by Crippen LogP contribution is 2.32. The van der Waals surface area contributed by atoms with Crippen molar-refractivity contribution in [3.8, 4) is 11.4 Å². The maximum atomic E-state index is 12.5. The lowest BCUT2D eigenvalue weighted by atomic mass is 10.2. The van der Waals surface area contributed by atoms with Crippen LogP contribution in [0.15, 0.2) is 42.1 Å². The van der Waals surface area contributed by atoms with Crippen LogP contribution in [0.1, 0.15) is 15.2 Å². The van der Waals surface area contributed by atoms with Gasteiger partial charge in [-0.1, -0.05) is 41.0 Å². The Labute approximate surface area is 197 Å². The monoisotopic (exact) mass is 496 g/mol. The number of halogens is 2. The minimum absolute atomic E-state index is 0.0706. The molecule has 162 valence electrons. The van der Waals surface area contributed by atoms with Gasteiger partial charge in [0.1, 0.15) is 5.00 Å². The van der Waals surface area contributed by atoms with E-state index in [1.165, 1.54) is 30.2 Å². The van der Waals surface area contributed by atoms with Gasteiger partial charge in [-0.2, -0.15) is 0 Å². The lowest BCUT2D eigenvalue weighted by Crippen LogP contribution is -2.16. The summed E-state index contributed by atoms with van der Waals surface area (Å²) in [5.41, 5.74) is 1.01. The van der Waals surface area contributed by atoms with Crippen molar-refractivity contribution in [2.24, 2.45) is 0 Å². The minimum Gasteiger partial charge on any atom is -0.465 e. The first-order chi connectivity index (χ1) is 14.8. The normalized spacial score (nSPS) is 10.7. The first-order valence-corrected chi connectivity index (χ1v) is 11.5. The lowest BCUT2D eigenvalue weighted by Gasteiger charge is -2.09. The van der Waals surface area contributed by atoms with E-state index in [1.807, 2.05) is 11.5 Å². The maximum Gasteiger partial charge on any atom is 0.340 e. The molecule has 3 aromatic rings. The fourth-order valence-electron chi connectivity index (χ4n) is 2.72. The van der Waals surface area contributed by atoms with Crippen LogP contribution in [0.2, 0.25) is 10.0 Å². The molecule has 0 radical (unpaired) electrons. The molecule has 0 saturated carbocycles. The second kappa shape index (κ2) is 10.3. The molecule has 31 heavy (non-hydrogen) atoms. The SMILES string of the molecule is C=CCn1c(SCC(=O)Nc2sc(C)cc2C(=O)OC)nnc1-c1ccc(Cl)cc1Cl. The highest BCUT2D eigenvalue weighted by atomic mass is 35.5. The molecule has 0 atom stereocenters. The maximum absolute atomic E-state index is 12.5. The molecule has 0 fully saturated rings. The van der Waals surface area contributed by atoms with E-state index in [9.17, 15) is 9.59 Å². The second-order valence-corrected chi connectivity index (χ2v) is 9.30. The number of allylic oxidation sites excluding steroid dienone is 1. The number of ether oxygens (including phenoxy) is 1. The molecule has 0 spiro atoms. The van der Waals surface area contributed by atoms with Gasteiger partial charge in [0, 0.05) is 22.0 Å². The molecular weight excluding hydrogens is 479 g/mol. The largest absolute Gasteiger partial charge is 0.465 e. The predicted octanol–water partition coefficient (Wildman–Crippen LogP) is 5.33. The number of rotatable bonds is 8.